The Balaban J connectivity index is 6.45. The average Bonchev–Trinajstić information content (AvgIpc) is 2.30. The number of sulfonamides is 1. The predicted molar refractivity (Wildman–Crippen MR) is 49.0 cm³/mol. The summed E-state index contributed by atoms with van der Waals surface area (Å²) in [5, 5.41) is -7.54. The third-order valence-electron chi connectivity index (χ3n) is 2.42. The van der Waals surface area contributed by atoms with Crippen LogP contribution in [0.1, 0.15) is 0 Å². The summed E-state index contributed by atoms with van der Waals surface area (Å²) in [6.45, 7) is 0. The second-order valence-corrected chi connectivity index (χ2v) is 5.95. The van der Waals surface area contributed by atoms with Gasteiger partial charge in [0.15, 0.2) is 0 Å². The maximum Gasteiger partial charge on any atom is 0.448 e. The number of hydrogen-bond donors (Lipinski definition) is 1. The fraction of sp³-hybridized carbons (Fsp3) is 0.857. The highest BCUT2D eigenvalue weighted by Gasteiger charge is 2.83. The summed E-state index contributed by atoms with van der Waals surface area (Å²) in [6.07, 6.45) is -29.8. The number of halogens is 14. The standard InChI is InChI=1S/C7HF14NO3S/c8-2(4(10,11)12,5(13,14)15)1(23)22-26(24,25)3(9,6(16,17)18)7(19,20)21/h(H,22,23). The van der Waals surface area contributed by atoms with E-state index in [9.17, 15) is 74.7 Å². The van der Waals surface area contributed by atoms with E-state index in [1.165, 1.54) is 0 Å². The molecule has 0 aliphatic rings. The van der Waals surface area contributed by atoms with Crippen molar-refractivity contribution >= 4 is 15.9 Å². The van der Waals surface area contributed by atoms with Crippen molar-refractivity contribution in [1.82, 2.24) is 4.72 Å². The van der Waals surface area contributed by atoms with Gasteiger partial charge in [-0.25, -0.2) is 21.9 Å². The molecule has 0 unspecified atom stereocenters. The summed E-state index contributed by atoms with van der Waals surface area (Å²) in [6, 6.07) is 0. The van der Waals surface area contributed by atoms with Gasteiger partial charge in [0, 0.05) is 0 Å². The van der Waals surface area contributed by atoms with E-state index < -0.39 is 56.0 Å². The highest BCUT2D eigenvalue weighted by Crippen LogP contribution is 2.51. The van der Waals surface area contributed by atoms with Gasteiger partial charge in [-0.1, -0.05) is 0 Å². The molecule has 26 heavy (non-hydrogen) atoms. The Morgan fingerprint density at radius 1 is 0.577 bits per heavy atom. The zero-order valence-corrected chi connectivity index (χ0v) is 11.7. The van der Waals surface area contributed by atoms with Gasteiger partial charge >= 0.3 is 35.4 Å². The fourth-order valence-electron chi connectivity index (χ4n) is 1.15. The van der Waals surface area contributed by atoms with Crippen molar-refractivity contribution in [2.45, 2.75) is 35.4 Å². The molecule has 0 aromatic heterocycles. The van der Waals surface area contributed by atoms with Gasteiger partial charge in [-0.15, -0.1) is 0 Å². The van der Waals surface area contributed by atoms with Gasteiger partial charge < -0.3 is 0 Å². The van der Waals surface area contributed by atoms with Crippen LogP contribution >= 0.6 is 0 Å². The van der Waals surface area contributed by atoms with Crippen molar-refractivity contribution in [1.29, 1.82) is 0 Å². The van der Waals surface area contributed by atoms with Crippen LogP contribution in [0.25, 0.3) is 0 Å². The number of hydrogen-bond acceptors (Lipinski definition) is 3. The van der Waals surface area contributed by atoms with Gasteiger partial charge in [0.25, 0.3) is 15.9 Å². The highest BCUT2D eigenvalue weighted by molar-refractivity contribution is 7.91. The fourth-order valence-corrected chi connectivity index (χ4v) is 2.28. The second kappa shape index (κ2) is 5.98. The molecule has 0 atom stereocenters. The largest absolute Gasteiger partial charge is 0.448 e. The second-order valence-electron chi connectivity index (χ2n) is 4.18. The molecule has 1 amide bonds. The van der Waals surface area contributed by atoms with E-state index in [4.69, 9.17) is 0 Å². The van der Waals surface area contributed by atoms with Crippen LogP contribution in [0.4, 0.5) is 61.5 Å². The molecule has 0 radical (unpaired) electrons. The SMILES string of the molecule is O=C(NS(=O)(=O)C(F)(C(F)(F)F)C(F)(F)F)C(F)(C(F)(F)F)C(F)(F)F. The van der Waals surface area contributed by atoms with Gasteiger partial charge in [-0.05, 0) is 0 Å². The van der Waals surface area contributed by atoms with Crippen molar-refractivity contribution in [3.8, 4) is 0 Å². The van der Waals surface area contributed by atoms with Crippen molar-refractivity contribution in [2.75, 3.05) is 0 Å². The molecule has 156 valence electrons. The van der Waals surface area contributed by atoms with E-state index in [1.54, 1.807) is 0 Å². The summed E-state index contributed by atoms with van der Waals surface area (Å²) >= 11 is 0. The number of carbonyl (C=O) groups excluding carboxylic acids is 1. The highest BCUT2D eigenvalue weighted by atomic mass is 32.2. The zero-order chi connectivity index (χ0) is 21.8. The maximum atomic E-state index is 13.2. The third kappa shape index (κ3) is 3.48. The van der Waals surface area contributed by atoms with Gasteiger partial charge in [0.05, 0.1) is 0 Å². The molecular formula is C7HF14NO3S. The molecule has 0 spiro atoms. The monoisotopic (exact) mass is 445 g/mol. The molecule has 0 heterocycles. The first-order valence-electron chi connectivity index (χ1n) is 5.09. The Morgan fingerprint density at radius 3 is 1.04 bits per heavy atom. The lowest BCUT2D eigenvalue weighted by Crippen LogP contribution is -2.68. The summed E-state index contributed by atoms with van der Waals surface area (Å²) in [7, 11) is -8.10. The molecule has 0 aromatic rings. The zero-order valence-electron chi connectivity index (χ0n) is 10.9. The topological polar surface area (TPSA) is 63.2 Å². The summed E-state index contributed by atoms with van der Waals surface area (Å²) in [5.74, 6) is -4.59. The minimum absolute atomic E-state index is 1.13. The molecule has 0 aromatic carbocycles. The van der Waals surface area contributed by atoms with Crippen molar-refractivity contribution < 1.29 is 74.7 Å². The normalized spacial score (nSPS) is 15.8. The average molecular weight is 445 g/mol. The first kappa shape index (κ1) is 24.4. The van der Waals surface area contributed by atoms with Crippen LogP contribution in [0.5, 0.6) is 0 Å². The predicted octanol–water partition coefficient (Wildman–Crippen LogP) is 3.06. The summed E-state index contributed by atoms with van der Waals surface area (Å²) in [4.78, 5) is 10.7. The lowest BCUT2D eigenvalue weighted by atomic mass is 10.1. The molecule has 0 fully saturated rings. The van der Waals surface area contributed by atoms with Gasteiger partial charge in [-0.3, -0.25) is 4.79 Å². The number of nitrogens with one attached hydrogen (secondary N) is 1. The van der Waals surface area contributed by atoms with Crippen molar-refractivity contribution in [3.63, 3.8) is 0 Å². The molecule has 0 aliphatic carbocycles. The van der Waals surface area contributed by atoms with E-state index in [0.29, 0.717) is 0 Å². The number of rotatable bonds is 3. The van der Waals surface area contributed by atoms with Gasteiger partial charge in [0.2, 0.25) is 0 Å². The Bertz CT molecular complexity index is 624. The summed E-state index contributed by atoms with van der Waals surface area (Å²) in [5.41, 5.74) is -7.27. The Labute approximate surface area is 132 Å². The van der Waals surface area contributed by atoms with E-state index in [0.717, 1.165) is 0 Å². The van der Waals surface area contributed by atoms with Crippen LogP contribution in [0, 0.1) is 0 Å². The molecule has 0 aliphatic heterocycles. The molecule has 4 nitrogen and oxygen atoms in total. The van der Waals surface area contributed by atoms with E-state index in [-0.39, 0.29) is 0 Å². The maximum absolute atomic E-state index is 13.2. The number of alkyl halides is 14. The first-order valence-corrected chi connectivity index (χ1v) is 6.57. The number of carbonyl (C=O) groups is 1. The number of amides is 1. The van der Waals surface area contributed by atoms with E-state index >= 15 is 0 Å². The Morgan fingerprint density at radius 2 is 0.846 bits per heavy atom. The minimum atomic E-state index is -8.10. The van der Waals surface area contributed by atoms with Crippen molar-refractivity contribution in [2.24, 2.45) is 0 Å². The minimum Gasteiger partial charge on any atom is -0.269 e. The molecule has 19 heteroatoms. The lowest BCUT2D eigenvalue weighted by molar-refractivity contribution is -0.325. The Kier molecular flexibility index (Phi) is 5.62. The molecular weight excluding hydrogens is 444 g/mol. The first-order chi connectivity index (χ1) is 10.9. The van der Waals surface area contributed by atoms with Crippen LogP contribution in [0.3, 0.4) is 0 Å². The van der Waals surface area contributed by atoms with E-state index in [1.807, 2.05) is 0 Å². The lowest BCUT2D eigenvalue weighted by Gasteiger charge is -2.32. The molecule has 0 saturated heterocycles. The quantitative estimate of drug-likeness (QED) is 0.680. The third-order valence-corrected chi connectivity index (χ3v) is 4.08. The van der Waals surface area contributed by atoms with Crippen molar-refractivity contribution in [3.05, 3.63) is 0 Å². The van der Waals surface area contributed by atoms with Crippen LogP contribution in [0.2, 0.25) is 0 Å². The van der Waals surface area contributed by atoms with Crippen LogP contribution in [0.15, 0.2) is 0 Å². The van der Waals surface area contributed by atoms with E-state index in [2.05, 4.69) is 0 Å². The molecule has 1 N–H and O–H groups in total. The van der Waals surface area contributed by atoms with Crippen LogP contribution < -0.4 is 4.72 Å². The molecule has 0 bridgehead atoms. The van der Waals surface area contributed by atoms with Gasteiger partial charge in [0.1, 0.15) is 0 Å². The van der Waals surface area contributed by atoms with Crippen LogP contribution in [-0.4, -0.2) is 49.7 Å². The van der Waals surface area contributed by atoms with Crippen LogP contribution in [-0.2, 0) is 14.8 Å². The molecule has 0 saturated carbocycles. The Hall–Kier alpha value is -1.56. The molecule has 0 rings (SSSR count). The smallest absolute Gasteiger partial charge is 0.269 e. The van der Waals surface area contributed by atoms with Gasteiger partial charge in [-0.2, -0.15) is 52.7 Å². The summed E-state index contributed by atoms with van der Waals surface area (Å²) < 4.78 is 192.